The first-order chi connectivity index (χ1) is 15.9. The molecule has 1 amide bonds. The van der Waals surface area contributed by atoms with E-state index in [-0.39, 0.29) is 12.1 Å². The quantitative estimate of drug-likeness (QED) is 0.521. The maximum Gasteiger partial charge on any atom is 0.407 e. The van der Waals surface area contributed by atoms with E-state index in [1.165, 1.54) is 4.90 Å². The third-order valence-corrected chi connectivity index (χ3v) is 6.30. The molecule has 3 aromatic heterocycles. The van der Waals surface area contributed by atoms with Gasteiger partial charge in [0.2, 0.25) is 5.95 Å². The molecule has 11 heteroatoms. The first-order valence-corrected chi connectivity index (χ1v) is 11.2. The molecule has 2 fully saturated rings. The van der Waals surface area contributed by atoms with E-state index in [4.69, 9.17) is 19.8 Å². The van der Waals surface area contributed by atoms with Crippen molar-refractivity contribution < 1.29 is 14.6 Å². The topological polar surface area (TPSA) is 122 Å². The molecule has 33 heavy (non-hydrogen) atoms. The van der Waals surface area contributed by atoms with E-state index in [1.807, 2.05) is 37.6 Å². The fourth-order valence-electron chi connectivity index (χ4n) is 4.70. The number of amides is 1. The molecule has 3 aromatic rings. The average Bonchev–Trinajstić information content (AvgIpc) is 3.49. The van der Waals surface area contributed by atoms with Gasteiger partial charge in [0.1, 0.15) is 16.9 Å². The predicted octanol–water partition coefficient (Wildman–Crippen LogP) is 2.56. The first-order valence-electron chi connectivity index (χ1n) is 11.2. The molecule has 2 atom stereocenters. The summed E-state index contributed by atoms with van der Waals surface area (Å²) in [5, 5.41) is 17.5. The third kappa shape index (κ3) is 3.92. The second-order valence-electron chi connectivity index (χ2n) is 8.55. The van der Waals surface area contributed by atoms with Crippen LogP contribution in [0.4, 0.5) is 22.4 Å². The second-order valence-corrected chi connectivity index (χ2v) is 8.55. The summed E-state index contributed by atoms with van der Waals surface area (Å²) in [4.78, 5) is 29.4. The fraction of sp³-hybridized carbons (Fsp3) is 0.500. The van der Waals surface area contributed by atoms with Crippen LogP contribution in [0.2, 0.25) is 0 Å². The number of aryl methyl sites for hydroxylation is 2. The molecule has 0 aromatic carbocycles. The van der Waals surface area contributed by atoms with E-state index in [0.29, 0.717) is 50.4 Å². The van der Waals surface area contributed by atoms with E-state index in [9.17, 15) is 9.90 Å². The molecular formula is C22H28N8O3. The van der Waals surface area contributed by atoms with Crippen molar-refractivity contribution in [3.8, 4) is 0 Å². The number of pyridine rings is 1. The molecular weight excluding hydrogens is 424 g/mol. The van der Waals surface area contributed by atoms with Crippen LogP contribution in [0.1, 0.15) is 24.6 Å². The summed E-state index contributed by atoms with van der Waals surface area (Å²) in [5.41, 5.74) is 3.45. The lowest BCUT2D eigenvalue weighted by Crippen LogP contribution is -2.48. The molecule has 0 saturated carbocycles. The van der Waals surface area contributed by atoms with Gasteiger partial charge in [-0.2, -0.15) is 10.1 Å². The average molecular weight is 453 g/mol. The van der Waals surface area contributed by atoms with Gasteiger partial charge in [-0.3, -0.25) is 4.68 Å². The number of carbonyl (C=O) groups is 1. The molecule has 0 aliphatic carbocycles. The van der Waals surface area contributed by atoms with Crippen molar-refractivity contribution >= 4 is 34.7 Å². The van der Waals surface area contributed by atoms with Crippen molar-refractivity contribution in [3.63, 3.8) is 0 Å². The number of fused-ring (bicyclic) bond motifs is 3. The normalized spacial score (nSPS) is 19.6. The minimum atomic E-state index is -0.863. The van der Waals surface area contributed by atoms with Gasteiger partial charge in [-0.1, -0.05) is 6.07 Å². The van der Waals surface area contributed by atoms with Crippen molar-refractivity contribution in [2.24, 2.45) is 0 Å². The molecule has 2 bridgehead atoms. The monoisotopic (exact) mass is 452 g/mol. The molecule has 0 radical (unpaired) electrons. The molecule has 11 nitrogen and oxygen atoms in total. The molecule has 2 aliphatic heterocycles. The summed E-state index contributed by atoms with van der Waals surface area (Å²) in [7, 11) is 0. The Labute approximate surface area is 191 Å². The molecule has 174 valence electrons. The molecule has 0 unspecified atom stereocenters. The number of rotatable bonds is 7. The van der Waals surface area contributed by atoms with Crippen LogP contribution in [0.5, 0.6) is 0 Å². The summed E-state index contributed by atoms with van der Waals surface area (Å²) >= 11 is 0. The van der Waals surface area contributed by atoms with E-state index in [0.717, 1.165) is 28.7 Å². The lowest BCUT2D eigenvalue weighted by atomic mass is 10.2. The molecule has 0 spiro atoms. The minimum absolute atomic E-state index is 0.0306. The Morgan fingerprint density at radius 2 is 2.09 bits per heavy atom. The standard InChI is InChI=1S/C22H28N8O3/c1-4-33-8-7-30-19-18(14(3)27-30)25-21(26-20(19)24-17-6-5-13(2)10-23-17)28-11-16-9-15(28)12-29(16)22(31)32/h5-6,10,15-16H,4,7-9,11-12H2,1-3H3,(H,31,32)(H,23,24,25,26)/t15-,16-/m0/s1. The first kappa shape index (κ1) is 21.4. The maximum atomic E-state index is 11.5. The van der Waals surface area contributed by atoms with E-state index in [2.05, 4.69) is 15.2 Å². The van der Waals surface area contributed by atoms with E-state index >= 15 is 0 Å². The van der Waals surface area contributed by atoms with Gasteiger partial charge in [0.05, 0.1) is 30.9 Å². The lowest BCUT2D eigenvalue weighted by Gasteiger charge is -2.32. The van der Waals surface area contributed by atoms with Crippen molar-refractivity contribution in [2.75, 3.05) is 36.5 Å². The minimum Gasteiger partial charge on any atom is -0.465 e. The summed E-state index contributed by atoms with van der Waals surface area (Å²) in [6.07, 6.45) is 1.74. The SMILES string of the molecule is CCOCCn1nc(C)c2nc(N3C[C@@H]4C[C@H]3CN4C(=O)O)nc(Nc3ccc(C)cn3)c21. The number of nitrogens with one attached hydrogen (secondary N) is 1. The Bertz CT molecular complexity index is 1180. The lowest BCUT2D eigenvalue weighted by molar-refractivity contribution is 0.136. The highest BCUT2D eigenvalue weighted by Crippen LogP contribution is 2.35. The fourth-order valence-corrected chi connectivity index (χ4v) is 4.70. The van der Waals surface area contributed by atoms with Gasteiger partial charge in [0.25, 0.3) is 0 Å². The predicted molar refractivity (Wildman–Crippen MR) is 123 cm³/mol. The van der Waals surface area contributed by atoms with E-state index < -0.39 is 6.09 Å². The Balaban J connectivity index is 1.54. The summed E-state index contributed by atoms with van der Waals surface area (Å²) in [5.74, 6) is 1.89. The number of hydrogen-bond donors (Lipinski definition) is 2. The highest BCUT2D eigenvalue weighted by molar-refractivity contribution is 5.90. The zero-order chi connectivity index (χ0) is 23.1. The highest BCUT2D eigenvalue weighted by Gasteiger charge is 2.46. The van der Waals surface area contributed by atoms with Crippen LogP contribution >= 0.6 is 0 Å². The van der Waals surface area contributed by atoms with Crippen LogP contribution in [0.15, 0.2) is 18.3 Å². The Hall–Kier alpha value is -3.47. The number of hydrogen-bond acceptors (Lipinski definition) is 8. The smallest absolute Gasteiger partial charge is 0.407 e. The van der Waals surface area contributed by atoms with Crippen LogP contribution in [-0.2, 0) is 11.3 Å². The number of likely N-dealkylation sites (tertiary alicyclic amines) is 1. The van der Waals surface area contributed by atoms with Crippen molar-refractivity contribution in [1.29, 1.82) is 0 Å². The largest absolute Gasteiger partial charge is 0.465 e. The van der Waals surface area contributed by atoms with Crippen LogP contribution in [-0.4, -0.2) is 79.2 Å². The van der Waals surface area contributed by atoms with Crippen LogP contribution in [0.3, 0.4) is 0 Å². The Morgan fingerprint density at radius 1 is 1.24 bits per heavy atom. The highest BCUT2D eigenvalue weighted by atomic mass is 16.5. The van der Waals surface area contributed by atoms with Crippen molar-refractivity contribution in [1.82, 2.24) is 29.6 Å². The molecule has 2 aliphatic rings. The summed E-state index contributed by atoms with van der Waals surface area (Å²) in [6, 6.07) is 3.95. The van der Waals surface area contributed by atoms with Gasteiger partial charge in [-0.25, -0.2) is 14.8 Å². The van der Waals surface area contributed by atoms with Crippen LogP contribution < -0.4 is 10.2 Å². The summed E-state index contributed by atoms with van der Waals surface area (Å²) < 4.78 is 7.42. The van der Waals surface area contributed by atoms with Crippen molar-refractivity contribution in [3.05, 3.63) is 29.6 Å². The number of ether oxygens (including phenoxy) is 1. The summed E-state index contributed by atoms with van der Waals surface area (Å²) in [6.45, 7) is 8.71. The maximum absolute atomic E-state index is 11.5. The zero-order valence-electron chi connectivity index (χ0n) is 19.0. The molecule has 2 N–H and O–H groups in total. The molecule has 2 saturated heterocycles. The second kappa shape index (κ2) is 8.47. The van der Waals surface area contributed by atoms with Gasteiger partial charge in [0, 0.05) is 25.9 Å². The number of nitrogens with zero attached hydrogens (tertiary/aromatic N) is 7. The van der Waals surface area contributed by atoms with Crippen molar-refractivity contribution in [2.45, 2.75) is 45.8 Å². The molecule has 5 heterocycles. The number of anilines is 3. The Kier molecular flexibility index (Phi) is 5.49. The Morgan fingerprint density at radius 3 is 2.76 bits per heavy atom. The van der Waals surface area contributed by atoms with Gasteiger partial charge < -0.3 is 25.0 Å². The number of aromatic nitrogens is 5. The number of piperazine rings is 1. The zero-order valence-corrected chi connectivity index (χ0v) is 19.0. The number of carboxylic acid groups (broad SMARTS) is 1. The van der Waals surface area contributed by atoms with Crippen LogP contribution in [0, 0.1) is 13.8 Å². The van der Waals surface area contributed by atoms with E-state index in [1.54, 1.807) is 6.20 Å². The van der Waals surface area contributed by atoms with Gasteiger partial charge >= 0.3 is 6.09 Å². The third-order valence-electron chi connectivity index (χ3n) is 6.30. The van der Waals surface area contributed by atoms with Gasteiger partial charge in [-0.05, 0) is 38.8 Å². The molecule has 5 rings (SSSR count). The van der Waals surface area contributed by atoms with Gasteiger partial charge in [-0.15, -0.1) is 0 Å². The van der Waals surface area contributed by atoms with Gasteiger partial charge in [0.15, 0.2) is 5.82 Å². The van der Waals surface area contributed by atoms with Crippen LogP contribution in [0.25, 0.3) is 11.0 Å².